The minimum Gasteiger partial charge on any atom is -0.192 e. The summed E-state index contributed by atoms with van der Waals surface area (Å²) in [5.74, 6) is -41.3. The van der Waals surface area contributed by atoms with Crippen LogP contribution >= 0.6 is 11.6 Å². The minimum absolute atomic E-state index is 3.36. The smallest absolute Gasteiger partial charge is 0.192 e. The van der Waals surface area contributed by atoms with Crippen LogP contribution in [0, 0.1) is 0 Å². The van der Waals surface area contributed by atoms with E-state index in [9.17, 15) is 79.0 Å². The lowest BCUT2D eigenvalue weighted by atomic mass is 9.99. The van der Waals surface area contributed by atoms with Gasteiger partial charge < -0.3 is 0 Å². The second kappa shape index (κ2) is 5.82. The van der Waals surface area contributed by atoms with Gasteiger partial charge in [0.1, 0.15) is 0 Å². The molecule has 0 N–H and O–H groups in total. The molecule has 0 aromatic carbocycles. The number of hydrogen-bond acceptors (Lipinski definition) is 1. The molecule has 1 fully saturated rings. The Labute approximate surface area is 150 Å². The summed E-state index contributed by atoms with van der Waals surface area (Å²) in [4.78, 5) is -4.82. The first kappa shape index (κ1) is 26.0. The zero-order valence-electron chi connectivity index (χ0n) is 12.1. The number of nitrogens with zero attached hydrogens (tertiary/aromatic N) is 1. The summed E-state index contributed by atoms with van der Waals surface area (Å²) >= 11 is 3.36. The van der Waals surface area contributed by atoms with Gasteiger partial charge in [-0.05, 0) is 11.6 Å². The molecule has 0 saturated carbocycles. The largest absolute Gasteiger partial charge is 0.401 e. The molecule has 0 aromatic rings. The van der Waals surface area contributed by atoms with E-state index in [-0.39, 0.29) is 0 Å². The molecule has 0 spiro atoms. The number of likely N-dealkylation sites (tertiary alicyclic amines) is 1. The van der Waals surface area contributed by atoms with Crippen LogP contribution in [0.1, 0.15) is 0 Å². The van der Waals surface area contributed by atoms with E-state index in [4.69, 9.17) is 0 Å². The van der Waals surface area contributed by atoms with E-state index >= 15 is 0 Å². The molecule has 1 heterocycles. The Morgan fingerprint density at radius 1 is 0.483 bits per heavy atom. The maximum Gasteiger partial charge on any atom is 0.401 e. The first-order chi connectivity index (χ1) is 12.1. The molecule has 0 radical (unpaired) electrons. The van der Waals surface area contributed by atoms with Crippen LogP contribution < -0.4 is 0 Å². The van der Waals surface area contributed by atoms with Gasteiger partial charge >= 0.3 is 53.1 Å². The van der Waals surface area contributed by atoms with E-state index in [2.05, 4.69) is 11.6 Å². The highest BCUT2D eigenvalue weighted by atomic mass is 35.5. The Morgan fingerprint density at radius 2 is 0.724 bits per heavy atom. The Kier molecular flexibility index (Phi) is 5.22. The third-order valence-corrected chi connectivity index (χ3v) is 3.75. The summed E-state index contributed by atoms with van der Waals surface area (Å²) in [7, 11) is 0. The van der Waals surface area contributed by atoms with E-state index in [0.29, 0.717) is 0 Å². The molecule has 1 aliphatic rings. The van der Waals surface area contributed by atoms with E-state index in [1.165, 1.54) is 0 Å². The van der Waals surface area contributed by atoms with Gasteiger partial charge in [-0.3, -0.25) is 0 Å². The van der Waals surface area contributed by atoms with Gasteiger partial charge in [0.2, 0.25) is 0 Å². The third kappa shape index (κ3) is 2.63. The van der Waals surface area contributed by atoms with E-state index in [0.717, 1.165) is 0 Å². The molecule has 29 heavy (non-hydrogen) atoms. The quantitative estimate of drug-likeness (QED) is 0.258. The fourth-order valence-electron chi connectivity index (χ4n) is 1.89. The lowest BCUT2D eigenvalue weighted by Gasteiger charge is -2.45. The van der Waals surface area contributed by atoms with Gasteiger partial charge in [0.15, 0.2) is 0 Å². The second-order valence-electron chi connectivity index (χ2n) is 5.33. The molecule has 0 bridgehead atoms. The lowest BCUT2D eigenvalue weighted by Crippen LogP contribution is -2.75. The SMILES string of the molecule is FC(F)(Cl)C(F)(F)C(F)(F)N1C(F)(F)C(F)(F)C(F)(F)C(F)(F)C(F)(F)C1(F)F. The van der Waals surface area contributed by atoms with Gasteiger partial charge in [-0.15, -0.1) is 4.90 Å². The fourth-order valence-corrected chi connectivity index (χ4v) is 2.01. The predicted molar refractivity (Wildman–Crippen MR) is 52.2 cm³/mol. The van der Waals surface area contributed by atoms with Crippen LogP contribution in [0.3, 0.4) is 0 Å². The highest BCUT2D eigenvalue weighted by molar-refractivity contribution is 6.22. The molecule has 0 aliphatic carbocycles. The van der Waals surface area contributed by atoms with Crippen LogP contribution in [0.5, 0.6) is 0 Å². The minimum atomic E-state index is -8.42. The second-order valence-corrected chi connectivity index (χ2v) is 5.80. The summed E-state index contributed by atoms with van der Waals surface area (Å²) in [6, 6.07) is -25.2. The highest BCUT2D eigenvalue weighted by Gasteiger charge is 3.00. The standard InChI is InChI=1S/C9ClF18N/c10-6(21,22)5(19,20)9(27,28)29-7(23,24)3(15,16)1(11,12)2(13,14)4(17,18)8(29,25)26. The molecule has 0 aromatic heterocycles. The molecule has 0 unspecified atom stereocenters. The molecule has 1 aliphatic heterocycles. The van der Waals surface area contributed by atoms with Crippen molar-refractivity contribution in [3.05, 3.63) is 0 Å². The first-order valence-corrected chi connectivity index (χ1v) is 6.39. The molecule has 174 valence electrons. The van der Waals surface area contributed by atoms with E-state index in [1.54, 1.807) is 0 Å². The topological polar surface area (TPSA) is 3.24 Å². The van der Waals surface area contributed by atoms with Crippen molar-refractivity contribution in [1.82, 2.24) is 4.90 Å². The van der Waals surface area contributed by atoms with Crippen LogP contribution in [0.25, 0.3) is 0 Å². The molecular weight excluding hydrogens is 500 g/mol. The molecule has 1 saturated heterocycles. The van der Waals surface area contributed by atoms with Crippen LogP contribution in [-0.4, -0.2) is 58.0 Å². The van der Waals surface area contributed by atoms with Gasteiger partial charge in [-0.1, -0.05) is 0 Å². The number of alkyl halides is 19. The Morgan fingerprint density at radius 3 is 0.931 bits per heavy atom. The van der Waals surface area contributed by atoms with E-state index in [1.807, 2.05) is 0 Å². The van der Waals surface area contributed by atoms with Crippen molar-refractivity contribution in [3.8, 4) is 0 Å². The third-order valence-electron chi connectivity index (χ3n) is 3.51. The average Bonchev–Trinajstić information content (AvgIpc) is 2.43. The highest BCUT2D eigenvalue weighted by Crippen LogP contribution is 2.68. The van der Waals surface area contributed by atoms with Crippen LogP contribution in [0.4, 0.5) is 79.0 Å². The van der Waals surface area contributed by atoms with Gasteiger partial charge in [0.05, 0.1) is 0 Å². The van der Waals surface area contributed by atoms with Crippen LogP contribution in [-0.2, 0) is 0 Å². The van der Waals surface area contributed by atoms with Gasteiger partial charge in [-0.2, -0.15) is 79.0 Å². The lowest BCUT2D eigenvalue weighted by molar-refractivity contribution is -0.477. The molecule has 1 nitrogen and oxygen atoms in total. The van der Waals surface area contributed by atoms with Gasteiger partial charge in [-0.25, -0.2) is 0 Å². The fraction of sp³-hybridized carbons (Fsp3) is 1.00. The van der Waals surface area contributed by atoms with Crippen molar-refractivity contribution in [2.45, 2.75) is 53.1 Å². The number of rotatable bonds is 3. The van der Waals surface area contributed by atoms with Crippen molar-refractivity contribution in [1.29, 1.82) is 0 Å². The summed E-state index contributed by atoms with van der Waals surface area (Å²) in [6.45, 7) is 0. The average molecular weight is 500 g/mol. The van der Waals surface area contributed by atoms with Crippen molar-refractivity contribution in [3.63, 3.8) is 0 Å². The van der Waals surface area contributed by atoms with Crippen molar-refractivity contribution in [2.24, 2.45) is 0 Å². The summed E-state index contributed by atoms with van der Waals surface area (Å²) < 4.78 is 236. The predicted octanol–water partition coefficient (Wildman–Crippen LogP) is 6.09. The number of hydrogen-bond donors (Lipinski definition) is 0. The van der Waals surface area contributed by atoms with Gasteiger partial charge in [0, 0.05) is 0 Å². The Bertz CT molecular complexity index is 623. The van der Waals surface area contributed by atoms with Crippen molar-refractivity contribution < 1.29 is 79.0 Å². The Hall–Kier alpha value is -1.01. The maximum absolute atomic E-state index is 13.4. The molecule has 1 rings (SSSR count). The number of halogens is 19. The normalized spacial score (nSPS) is 28.7. The van der Waals surface area contributed by atoms with E-state index < -0.39 is 58.0 Å². The van der Waals surface area contributed by atoms with Gasteiger partial charge in [0.25, 0.3) is 0 Å². The van der Waals surface area contributed by atoms with Crippen molar-refractivity contribution >= 4 is 11.6 Å². The van der Waals surface area contributed by atoms with Crippen molar-refractivity contribution in [2.75, 3.05) is 0 Å². The molecule has 0 atom stereocenters. The zero-order chi connectivity index (χ0) is 24.1. The van der Waals surface area contributed by atoms with Crippen LogP contribution in [0.15, 0.2) is 0 Å². The molecular formula is C9ClF18N. The summed E-state index contributed by atoms with van der Waals surface area (Å²) in [5.41, 5.74) is 0. The molecule has 20 heteroatoms. The zero-order valence-corrected chi connectivity index (χ0v) is 12.9. The summed E-state index contributed by atoms with van der Waals surface area (Å²) in [6.07, 6.45) is 0. The first-order valence-electron chi connectivity index (χ1n) is 6.01. The van der Waals surface area contributed by atoms with Crippen LogP contribution in [0.2, 0.25) is 0 Å². The Balaban J connectivity index is 4.16. The monoisotopic (exact) mass is 499 g/mol. The summed E-state index contributed by atoms with van der Waals surface area (Å²) in [5, 5.41) is -6.95. The maximum atomic E-state index is 13.4. The molecule has 0 amide bonds.